The second kappa shape index (κ2) is 10.4. The van der Waals surface area contributed by atoms with E-state index in [2.05, 4.69) is 44.1 Å². The Kier molecular flexibility index (Phi) is 6.96. The Morgan fingerprint density at radius 2 is 1.97 bits per heavy atom. The Hall–Kier alpha value is -3.18. The molecule has 1 spiro atoms. The fourth-order valence-electron chi connectivity index (χ4n) is 5.82. The molecule has 1 aliphatic carbocycles. The molecule has 6 rings (SSSR count). The van der Waals surface area contributed by atoms with Crippen LogP contribution in [0.3, 0.4) is 0 Å². The minimum Gasteiger partial charge on any atom is -0.383 e. The van der Waals surface area contributed by atoms with Crippen LogP contribution in [0, 0.1) is 5.41 Å². The van der Waals surface area contributed by atoms with Gasteiger partial charge < -0.3 is 21.1 Å². The van der Waals surface area contributed by atoms with Gasteiger partial charge in [-0.3, -0.25) is 9.36 Å². The normalized spacial score (nSPS) is 18.1. The van der Waals surface area contributed by atoms with E-state index >= 15 is 0 Å². The van der Waals surface area contributed by atoms with Crippen molar-refractivity contribution in [3.8, 4) is 0 Å². The molecule has 1 fully saturated rings. The molecule has 0 unspecified atom stereocenters. The number of piperidine rings is 1. The average Bonchev–Trinajstić information content (AvgIpc) is 3.22. The van der Waals surface area contributed by atoms with Crippen LogP contribution in [0.4, 0.5) is 11.6 Å². The SMILES string of the molecule is COCCn1cnc2ccc(Sc3ncc(N4CCC5(CC4)Cc4ccccc4[C@H]5N)nc3N)c(Cl)c2c1=O. The van der Waals surface area contributed by atoms with E-state index in [1.807, 2.05) is 6.07 Å². The maximum atomic E-state index is 13.0. The van der Waals surface area contributed by atoms with Gasteiger partial charge in [0.15, 0.2) is 5.82 Å². The van der Waals surface area contributed by atoms with Gasteiger partial charge in [0.1, 0.15) is 10.8 Å². The van der Waals surface area contributed by atoms with Crippen molar-refractivity contribution in [3.63, 3.8) is 0 Å². The highest BCUT2D eigenvalue weighted by Crippen LogP contribution is 2.51. The van der Waals surface area contributed by atoms with E-state index in [-0.39, 0.29) is 17.0 Å². The Bertz CT molecular complexity index is 1600. The Labute approximate surface area is 235 Å². The number of anilines is 2. The third-order valence-electron chi connectivity index (χ3n) is 8.07. The van der Waals surface area contributed by atoms with E-state index in [1.54, 1.807) is 19.4 Å². The predicted molar refractivity (Wildman–Crippen MR) is 154 cm³/mol. The molecule has 2 aromatic carbocycles. The van der Waals surface area contributed by atoms with Crippen LogP contribution in [0.25, 0.3) is 10.9 Å². The lowest BCUT2D eigenvalue weighted by Crippen LogP contribution is -2.44. The fourth-order valence-corrected chi connectivity index (χ4v) is 6.97. The maximum absolute atomic E-state index is 13.0. The van der Waals surface area contributed by atoms with E-state index < -0.39 is 0 Å². The van der Waals surface area contributed by atoms with E-state index in [0.29, 0.717) is 44.8 Å². The van der Waals surface area contributed by atoms with Crippen LogP contribution >= 0.6 is 23.4 Å². The zero-order valence-electron chi connectivity index (χ0n) is 21.6. The summed E-state index contributed by atoms with van der Waals surface area (Å²) in [4.78, 5) is 29.6. The van der Waals surface area contributed by atoms with Gasteiger partial charge in [0.25, 0.3) is 5.56 Å². The number of rotatable bonds is 6. The van der Waals surface area contributed by atoms with Crippen LogP contribution < -0.4 is 21.9 Å². The molecule has 3 heterocycles. The molecule has 9 nitrogen and oxygen atoms in total. The predicted octanol–water partition coefficient (Wildman–Crippen LogP) is 4.06. The molecule has 0 amide bonds. The van der Waals surface area contributed by atoms with Crippen LogP contribution in [-0.2, 0) is 17.7 Å². The van der Waals surface area contributed by atoms with Crippen LogP contribution in [0.1, 0.15) is 30.0 Å². The van der Waals surface area contributed by atoms with Crippen molar-refractivity contribution >= 4 is 45.9 Å². The first-order valence-electron chi connectivity index (χ1n) is 13.0. The van der Waals surface area contributed by atoms with E-state index in [0.717, 1.165) is 38.2 Å². The van der Waals surface area contributed by atoms with Crippen molar-refractivity contribution < 1.29 is 4.74 Å². The summed E-state index contributed by atoms with van der Waals surface area (Å²) in [6, 6.07) is 12.2. The summed E-state index contributed by atoms with van der Waals surface area (Å²) in [7, 11) is 1.59. The van der Waals surface area contributed by atoms with Crippen LogP contribution in [0.5, 0.6) is 0 Å². The number of aromatic nitrogens is 4. The largest absolute Gasteiger partial charge is 0.383 e. The Morgan fingerprint density at radius 3 is 2.72 bits per heavy atom. The summed E-state index contributed by atoms with van der Waals surface area (Å²) in [5.41, 5.74) is 16.2. The summed E-state index contributed by atoms with van der Waals surface area (Å²) in [5, 5.41) is 1.21. The molecule has 0 radical (unpaired) electrons. The smallest absolute Gasteiger partial charge is 0.262 e. The molecule has 4 N–H and O–H groups in total. The van der Waals surface area contributed by atoms with Gasteiger partial charge >= 0.3 is 0 Å². The highest BCUT2D eigenvalue weighted by molar-refractivity contribution is 7.99. The molecule has 0 saturated carbocycles. The van der Waals surface area contributed by atoms with Crippen molar-refractivity contribution in [2.75, 3.05) is 37.4 Å². The molecule has 0 bridgehead atoms. The van der Waals surface area contributed by atoms with E-state index in [9.17, 15) is 4.79 Å². The number of nitrogens with two attached hydrogens (primary N) is 2. The number of hydrogen-bond acceptors (Lipinski definition) is 9. The van der Waals surface area contributed by atoms with Crippen LogP contribution in [0.15, 0.2) is 63.6 Å². The number of ether oxygens (including phenoxy) is 1. The van der Waals surface area contributed by atoms with Crippen molar-refractivity contribution in [1.82, 2.24) is 19.5 Å². The first kappa shape index (κ1) is 26.1. The van der Waals surface area contributed by atoms with Gasteiger partial charge in [-0.05, 0) is 47.9 Å². The number of fused-ring (bicyclic) bond motifs is 2. The molecule has 1 atom stereocenters. The summed E-state index contributed by atoms with van der Waals surface area (Å²) < 4.78 is 6.59. The van der Waals surface area contributed by atoms with Crippen molar-refractivity contribution in [3.05, 3.63) is 75.4 Å². The van der Waals surface area contributed by atoms with E-state index in [1.165, 1.54) is 33.8 Å². The number of hydrogen-bond donors (Lipinski definition) is 2. The van der Waals surface area contributed by atoms with Crippen LogP contribution in [0.2, 0.25) is 5.02 Å². The Balaban J connectivity index is 1.19. The van der Waals surface area contributed by atoms with Crippen molar-refractivity contribution in [2.24, 2.45) is 11.1 Å². The minimum absolute atomic E-state index is 0.0665. The van der Waals surface area contributed by atoms with Gasteiger partial charge in [-0.1, -0.05) is 47.6 Å². The van der Waals surface area contributed by atoms with Gasteiger partial charge in [-0.15, -0.1) is 0 Å². The molecule has 202 valence electrons. The van der Waals surface area contributed by atoms with Gasteiger partial charge in [-0.2, -0.15) is 0 Å². The highest BCUT2D eigenvalue weighted by atomic mass is 35.5. The molecule has 1 saturated heterocycles. The quantitative estimate of drug-likeness (QED) is 0.357. The van der Waals surface area contributed by atoms with Crippen LogP contribution in [-0.4, -0.2) is 46.3 Å². The zero-order valence-corrected chi connectivity index (χ0v) is 23.2. The van der Waals surface area contributed by atoms with Gasteiger partial charge in [0, 0.05) is 31.1 Å². The summed E-state index contributed by atoms with van der Waals surface area (Å²) >= 11 is 7.99. The third-order valence-corrected chi connectivity index (χ3v) is 9.64. The van der Waals surface area contributed by atoms with Gasteiger partial charge in [0.2, 0.25) is 0 Å². The molecule has 4 aromatic rings. The first-order chi connectivity index (χ1) is 18.9. The monoisotopic (exact) mass is 563 g/mol. The summed E-state index contributed by atoms with van der Waals surface area (Å²) in [6.07, 6.45) is 6.28. The molecular formula is C28H30ClN7O2S. The van der Waals surface area contributed by atoms with Crippen molar-refractivity contribution in [1.29, 1.82) is 0 Å². The summed E-state index contributed by atoms with van der Waals surface area (Å²) in [6.45, 7) is 2.49. The number of nitrogens with zero attached hydrogens (tertiary/aromatic N) is 5. The molecule has 11 heteroatoms. The minimum atomic E-state index is -0.216. The second-order valence-electron chi connectivity index (χ2n) is 10.2. The maximum Gasteiger partial charge on any atom is 0.262 e. The average molecular weight is 564 g/mol. The Morgan fingerprint density at radius 1 is 1.18 bits per heavy atom. The lowest BCUT2D eigenvalue weighted by atomic mass is 9.73. The third kappa shape index (κ3) is 4.65. The lowest BCUT2D eigenvalue weighted by Gasteiger charge is -2.42. The zero-order chi connectivity index (χ0) is 27.1. The molecule has 2 aliphatic rings. The fraction of sp³-hybridized carbons (Fsp3) is 0.357. The molecule has 2 aromatic heterocycles. The van der Waals surface area contributed by atoms with E-state index in [4.69, 9.17) is 27.8 Å². The number of methoxy groups -OCH3 is 1. The van der Waals surface area contributed by atoms with Crippen molar-refractivity contribution in [2.45, 2.75) is 41.8 Å². The highest BCUT2D eigenvalue weighted by Gasteiger charge is 2.45. The summed E-state index contributed by atoms with van der Waals surface area (Å²) in [5.74, 6) is 1.08. The second-order valence-corrected chi connectivity index (χ2v) is 11.6. The topological polar surface area (TPSA) is 125 Å². The number of nitrogen functional groups attached to an aromatic ring is 1. The van der Waals surface area contributed by atoms with Gasteiger partial charge in [0.05, 0.1) is 41.6 Å². The molecular weight excluding hydrogens is 534 g/mol. The number of benzene rings is 2. The number of halogens is 1. The molecule has 39 heavy (non-hydrogen) atoms. The van der Waals surface area contributed by atoms with Gasteiger partial charge in [-0.25, -0.2) is 15.0 Å². The standard InChI is InChI=1S/C28H30ClN7O2S/c1-38-13-12-36-16-33-19-6-7-20(23(29)22(19)27(36)37)39-26-25(31)34-21(15-32-26)35-10-8-28(9-11-35)14-17-4-2-3-5-18(17)24(28)30/h2-7,15-16,24H,8-14,30H2,1H3,(H2,31,34)/t24-/m1/s1. The first-order valence-corrected chi connectivity index (χ1v) is 14.1. The lowest BCUT2D eigenvalue weighted by molar-refractivity contribution is 0.186. The molecule has 1 aliphatic heterocycles.